The Hall–Kier alpha value is -1.60. The van der Waals surface area contributed by atoms with Crippen molar-refractivity contribution in [2.24, 2.45) is 0 Å². The van der Waals surface area contributed by atoms with E-state index in [-0.39, 0.29) is 5.78 Å². The molecule has 0 aliphatic carbocycles. The summed E-state index contributed by atoms with van der Waals surface area (Å²) >= 11 is 5.80. The van der Waals surface area contributed by atoms with Gasteiger partial charge in [-0.15, -0.1) is 0 Å². The van der Waals surface area contributed by atoms with Crippen LogP contribution in [-0.4, -0.2) is 5.78 Å². The van der Waals surface area contributed by atoms with Gasteiger partial charge < -0.3 is 0 Å². The summed E-state index contributed by atoms with van der Waals surface area (Å²) in [6.07, 6.45) is 0.417. The standard InChI is InChI=1S/C15H13ClO/c1-11-2-6-13(7-3-11)15(17)10-12-4-8-14(16)9-5-12/h2-9H,10H2,1H3. The van der Waals surface area contributed by atoms with Crippen molar-refractivity contribution in [3.63, 3.8) is 0 Å². The molecule has 0 saturated heterocycles. The lowest BCUT2D eigenvalue weighted by atomic mass is 10.0. The van der Waals surface area contributed by atoms with Crippen molar-refractivity contribution in [1.82, 2.24) is 0 Å². The molecule has 0 atom stereocenters. The number of benzene rings is 2. The maximum absolute atomic E-state index is 12.0. The quantitative estimate of drug-likeness (QED) is 0.744. The topological polar surface area (TPSA) is 17.1 Å². The summed E-state index contributed by atoms with van der Waals surface area (Å²) in [5.41, 5.74) is 2.90. The van der Waals surface area contributed by atoms with Crippen molar-refractivity contribution in [2.45, 2.75) is 13.3 Å². The monoisotopic (exact) mass is 244 g/mol. The Kier molecular flexibility index (Phi) is 3.60. The first kappa shape index (κ1) is 11.9. The third kappa shape index (κ3) is 3.18. The summed E-state index contributed by atoms with van der Waals surface area (Å²) < 4.78 is 0. The van der Waals surface area contributed by atoms with Crippen molar-refractivity contribution in [2.75, 3.05) is 0 Å². The fourth-order valence-electron chi connectivity index (χ4n) is 1.63. The maximum atomic E-state index is 12.0. The van der Waals surface area contributed by atoms with Gasteiger partial charge in [0.15, 0.2) is 5.78 Å². The van der Waals surface area contributed by atoms with Gasteiger partial charge >= 0.3 is 0 Å². The highest BCUT2D eigenvalue weighted by Crippen LogP contribution is 2.12. The van der Waals surface area contributed by atoms with Gasteiger partial charge in [0, 0.05) is 17.0 Å². The highest BCUT2D eigenvalue weighted by atomic mass is 35.5. The van der Waals surface area contributed by atoms with Crippen molar-refractivity contribution >= 4 is 17.4 Å². The molecule has 0 amide bonds. The van der Waals surface area contributed by atoms with E-state index in [4.69, 9.17) is 11.6 Å². The molecule has 2 aromatic rings. The predicted octanol–water partition coefficient (Wildman–Crippen LogP) is 4.07. The molecule has 86 valence electrons. The number of halogens is 1. The van der Waals surface area contributed by atoms with E-state index in [0.717, 1.165) is 16.7 Å². The Morgan fingerprint density at radius 2 is 1.59 bits per heavy atom. The average molecular weight is 245 g/mol. The van der Waals surface area contributed by atoms with Crippen molar-refractivity contribution in [3.8, 4) is 0 Å². The lowest BCUT2D eigenvalue weighted by Crippen LogP contribution is -2.03. The zero-order valence-corrected chi connectivity index (χ0v) is 10.4. The first-order valence-electron chi connectivity index (χ1n) is 5.49. The molecule has 1 nitrogen and oxygen atoms in total. The molecule has 0 aliphatic rings. The zero-order chi connectivity index (χ0) is 12.3. The van der Waals surface area contributed by atoms with Crippen LogP contribution in [-0.2, 0) is 6.42 Å². The summed E-state index contributed by atoms with van der Waals surface area (Å²) in [5, 5.41) is 0.691. The maximum Gasteiger partial charge on any atom is 0.167 e. The van der Waals surface area contributed by atoms with Gasteiger partial charge in [-0.25, -0.2) is 0 Å². The second kappa shape index (κ2) is 5.15. The summed E-state index contributed by atoms with van der Waals surface area (Å²) in [6, 6.07) is 15.0. The van der Waals surface area contributed by atoms with Crippen LogP contribution in [0.3, 0.4) is 0 Å². The molecule has 0 spiro atoms. The number of hydrogen-bond donors (Lipinski definition) is 0. The summed E-state index contributed by atoms with van der Waals surface area (Å²) in [5.74, 6) is 0.132. The van der Waals surface area contributed by atoms with E-state index >= 15 is 0 Å². The molecule has 2 heteroatoms. The highest BCUT2D eigenvalue weighted by Gasteiger charge is 2.06. The summed E-state index contributed by atoms with van der Waals surface area (Å²) in [7, 11) is 0. The lowest BCUT2D eigenvalue weighted by Gasteiger charge is -2.02. The van der Waals surface area contributed by atoms with Gasteiger partial charge in [0.25, 0.3) is 0 Å². The summed E-state index contributed by atoms with van der Waals surface area (Å²) in [4.78, 5) is 12.0. The van der Waals surface area contributed by atoms with Crippen molar-refractivity contribution < 1.29 is 4.79 Å². The highest BCUT2D eigenvalue weighted by molar-refractivity contribution is 6.30. The number of rotatable bonds is 3. The smallest absolute Gasteiger partial charge is 0.167 e. The Morgan fingerprint density at radius 1 is 1.00 bits per heavy atom. The molecule has 0 aromatic heterocycles. The fraction of sp³-hybridized carbons (Fsp3) is 0.133. The van der Waals surface area contributed by atoms with E-state index in [9.17, 15) is 4.79 Å². The molecule has 0 radical (unpaired) electrons. The second-order valence-corrected chi connectivity index (χ2v) is 4.53. The van der Waals surface area contributed by atoms with Crippen LogP contribution in [0.4, 0.5) is 0 Å². The first-order chi connectivity index (χ1) is 8.15. The number of ketones is 1. The summed E-state index contributed by atoms with van der Waals surface area (Å²) in [6.45, 7) is 2.01. The van der Waals surface area contributed by atoms with Crippen LogP contribution in [0.1, 0.15) is 21.5 Å². The molecule has 2 rings (SSSR count). The van der Waals surface area contributed by atoms with Gasteiger partial charge in [0.2, 0.25) is 0 Å². The van der Waals surface area contributed by atoms with Crippen molar-refractivity contribution in [3.05, 3.63) is 70.2 Å². The molecule has 17 heavy (non-hydrogen) atoms. The normalized spacial score (nSPS) is 10.2. The molecule has 0 unspecified atom stereocenters. The van der Waals surface area contributed by atoms with Gasteiger partial charge in [-0.2, -0.15) is 0 Å². The van der Waals surface area contributed by atoms with Crippen LogP contribution in [0.2, 0.25) is 5.02 Å². The number of aryl methyl sites for hydroxylation is 1. The van der Waals surface area contributed by atoms with Crippen LogP contribution in [0, 0.1) is 6.92 Å². The molecule has 0 saturated carbocycles. The Bertz CT molecular complexity index is 512. The number of Topliss-reactive ketones (excluding diaryl/α,β-unsaturated/α-hetero) is 1. The zero-order valence-electron chi connectivity index (χ0n) is 9.61. The first-order valence-corrected chi connectivity index (χ1v) is 5.87. The number of hydrogen-bond acceptors (Lipinski definition) is 1. The Morgan fingerprint density at radius 3 is 2.18 bits per heavy atom. The van der Waals surface area contributed by atoms with Gasteiger partial charge in [-0.1, -0.05) is 53.6 Å². The molecular weight excluding hydrogens is 232 g/mol. The lowest BCUT2D eigenvalue weighted by molar-refractivity contribution is 0.0993. The second-order valence-electron chi connectivity index (χ2n) is 4.09. The minimum Gasteiger partial charge on any atom is -0.294 e. The van der Waals surface area contributed by atoms with E-state index in [1.165, 1.54) is 0 Å². The van der Waals surface area contributed by atoms with Crippen LogP contribution < -0.4 is 0 Å². The third-order valence-electron chi connectivity index (χ3n) is 2.65. The third-order valence-corrected chi connectivity index (χ3v) is 2.90. The molecule has 0 aliphatic heterocycles. The van der Waals surface area contributed by atoms with Gasteiger partial charge in [0.05, 0.1) is 0 Å². The van der Waals surface area contributed by atoms with E-state index in [1.54, 1.807) is 12.1 Å². The van der Waals surface area contributed by atoms with Crippen molar-refractivity contribution in [1.29, 1.82) is 0 Å². The Labute approximate surface area is 106 Å². The van der Waals surface area contributed by atoms with Crippen LogP contribution in [0.25, 0.3) is 0 Å². The van der Waals surface area contributed by atoms with Crippen LogP contribution in [0.5, 0.6) is 0 Å². The molecule has 0 bridgehead atoms. The molecule has 0 heterocycles. The number of carbonyl (C=O) groups excluding carboxylic acids is 1. The predicted molar refractivity (Wildman–Crippen MR) is 70.7 cm³/mol. The minimum atomic E-state index is 0.132. The van der Waals surface area contributed by atoms with Gasteiger partial charge in [0.1, 0.15) is 0 Å². The van der Waals surface area contributed by atoms with E-state index in [2.05, 4.69) is 0 Å². The average Bonchev–Trinajstić information content (AvgIpc) is 2.33. The van der Waals surface area contributed by atoms with E-state index < -0.39 is 0 Å². The molecule has 2 aromatic carbocycles. The molecule has 0 N–H and O–H groups in total. The van der Waals surface area contributed by atoms with Crippen LogP contribution >= 0.6 is 11.6 Å². The van der Waals surface area contributed by atoms with Gasteiger partial charge in [-0.05, 0) is 24.6 Å². The van der Waals surface area contributed by atoms with E-state index in [1.807, 2.05) is 43.3 Å². The number of carbonyl (C=O) groups is 1. The van der Waals surface area contributed by atoms with Crippen LogP contribution in [0.15, 0.2) is 48.5 Å². The molecule has 0 fully saturated rings. The largest absolute Gasteiger partial charge is 0.294 e. The Balaban J connectivity index is 2.11. The van der Waals surface area contributed by atoms with Gasteiger partial charge in [-0.3, -0.25) is 4.79 Å². The van der Waals surface area contributed by atoms with E-state index in [0.29, 0.717) is 11.4 Å². The fourth-order valence-corrected chi connectivity index (χ4v) is 1.76. The SMILES string of the molecule is Cc1ccc(C(=O)Cc2ccc(Cl)cc2)cc1. The molecular formula is C15H13ClO. The minimum absolute atomic E-state index is 0.132.